The molecule has 0 spiro atoms. The number of aliphatic hydroxyl groups excluding tert-OH is 1. The molecule has 0 saturated heterocycles. The fourth-order valence-corrected chi connectivity index (χ4v) is 2.70. The number of ketones is 2. The maximum absolute atomic E-state index is 12.1. The summed E-state index contributed by atoms with van der Waals surface area (Å²) in [7, 11) is 0. The van der Waals surface area contributed by atoms with Gasteiger partial charge in [0.25, 0.3) is 21.5 Å². The molecule has 6 nitrogen and oxygen atoms in total. The number of allylic oxidation sites excluding steroid dienone is 2. The molecule has 0 aromatic heterocycles. The number of halogens is 1. The van der Waals surface area contributed by atoms with E-state index in [0.29, 0.717) is 28.1 Å². The van der Waals surface area contributed by atoms with Crippen molar-refractivity contribution in [1.29, 1.82) is 0 Å². The lowest BCUT2D eigenvalue weighted by Crippen LogP contribution is -2.15. The molecule has 1 aromatic rings. The third kappa shape index (κ3) is 3.73. The molecule has 1 aliphatic rings. The van der Waals surface area contributed by atoms with Gasteiger partial charge in [-0.25, -0.2) is 3.07 Å². The van der Waals surface area contributed by atoms with Crippen molar-refractivity contribution in [3.05, 3.63) is 46.4 Å². The second-order valence-electron chi connectivity index (χ2n) is 4.66. The summed E-state index contributed by atoms with van der Waals surface area (Å²) in [6, 6.07) is 5.73. The Morgan fingerprint density at radius 3 is 2.52 bits per heavy atom. The molecule has 0 amide bonds. The molecule has 0 saturated carbocycles. The Bertz CT molecular complexity index is 608. The maximum Gasteiger partial charge on any atom is 0.262 e. The van der Waals surface area contributed by atoms with Crippen molar-refractivity contribution < 1.29 is 17.8 Å². The van der Waals surface area contributed by atoms with Gasteiger partial charge in [-0.3, -0.25) is 9.59 Å². The van der Waals surface area contributed by atoms with Crippen molar-refractivity contribution in [2.75, 3.05) is 3.28 Å². The fraction of sp³-hybridized carbons (Fsp3) is 0.286. The first-order valence-corrected chi connectivity index (χ1v) is 8.19. The van der Waals surface area contributed by atoms with Gasteiger partial charge in [0.05, 0.1) is 5.76 Å². The van der Waals surface area contributed by atoms with E-state index in [-0.39, 0.29) is 35.0 Å². The van der Waals surface area contributed by atoms with Crippen LogP contribution < -0.4 is 3.28 Å². The van der Waals surface area contributed by atoms with E-state index >= 15 is 0 Å². The molecular weight excluding hydrogens is 389 g/mol. The summed E-state index contributed by atoms with van der Waals surface area (Å²) in [6.07, 6.45) is 1.24. The van der Waals surface area contributed by atoms with Crippen LogP contribution in [0.3, 0.4) is 0 Å². The number of benzene rings is 1. The van der Waals surface area contributed by atoms with Crippen LogP contribution in [0, 0.1) is 5.21 Å². The number of rotatable bonds is 5. The van der Waals surface area contributed by atoms with Gasteiger partial charge in [0.15, 0.2) is 11.6 Å². The van der Waals surface area contributed by atoms with Crippen LogP contribution in [0.1, 0.15) is 36.0 Å². The summed E-state index contributed by atoms with van der Waals surface area (Å²) in [5.41, 5.74) is 0.756. The smallest absolute Gasteiger partial charge is 0.262 e. The highest BCUT2D eigenvalue weighted by atomic mass is 127. The van der Waals surface area contributed by atoms with Crippen LogP contribution >= 0.6 is 21.5 Å². The van der Waals surface area contributed by atoms with Crippen molar-refractivity contribution >= 4 is 38.7 Å². The summed E-state index contributed by atoms with van der Waals surface area (Å²) >= 11 is -1.83. The van der Waals surface area contributed by atoms with Gasteiger partial charge < -0.3 is 13.6 Å². The lowest BCUT2D eigenvalue weighted by Gasteiger charge is -2.20. The molecule has 1 aliphatic carbocycles. The summed E-state index contributed by atoms with van der Waals surface area (Å²) in [6.45, 7) is 0. The van der Waals surface area contributed by atoms with Gasteiger partial charge in [0, 0.05) is 36.1 Å². The molecule has 0 bridgehead atoms. The number of hydrogen-bond donors (Lipinski definition) is 1. The van der Waals surface area contributed by atoms with E-state index in [2.05, 4.69) is 0 Å². The van der Waals surface area contributed by atoms with E-state index in [9.17, 15) is 23.0 Å². The molecule has 0 radical (unpaired) electrons. The second-order valence-corrected chi connectivity index (χ2v) is 5.93. The zero-order chi connectivity index (χ0) is 15.4. The normalized spacial score (nSPS) is 15.2. The zero-order valence-corrected chi connectivity index (χ0v) is 13.2. The van der Waals surface area contributed by atoms with Crippen LogP contribution in [-0.2, 0) is 7.86 Å². The Morgan fingerprint density at radius 1 is 1.29 bits per heavy atom. The lowest BCUT2D eigenvalue weighted by molar-refractivity contribution is -0.116. The Balaban J connectivity index is 2.13. The fourth-order valence-electron chi connectivity index (χ4n) is 2.15. The van der Waals surface area contributed by atoms with Crippen molar-refractivity contribution in [2.45, 2.75) is 25.7 Å². The van der Waals surface area contributed by atoms with E-state index in [0.717, 1.165) is 0 Å². The number of aliphatic hydroxyl groups is 1. The predicted octanol–water partition coefficient (Wildman–Crippen LogP) is 3.36. The van der Waals surface area contributed by atoms with Crippen molar-refractivity contribution in [3.63, 3.8) is 0 Å². The number of hydrogen-bond acceptors (Lipinski definition) is 5. The SMILES string of the molecule is O=IN([O-])c1ccc(C(=O)CC2=C(O)CCCC2=O)cc1. The number of Topliss-reactive ketones (excluding diaryl/α,β-unsaturated/α-hetero) is 2. The molecule has 0 fully saturated rings. The molecular formula is C14H13INO5-. The Hall–Kier alpha value is -1.61. The molecule has 0 atom stereocenters. The van der Waals surface area contributed by atoms with Crippen LogP contribution in [0.4, 0.5) is 5.69 Å². The van der Waals surface area contributed by atoms with E-state index in [1.54, 1.807) is 0 Å². The molecule has 1 aromatic carbocycles. The van der Waals surface area contributed by atoms with Gasteiger partial charge >= 0.3 is 0 Å². The van der Waals surface area contributed by atoms with E-state index < -0.39 is 21.5 Å². The van der Waals surface area contributed by atoms with E-state index in [4.69, 9.17) is 0 Å². The van der Waals surface area contributed by atoms with Crippen LogP contribution in [0.5, 0.6) is 0 Å². The monoisotopic (exact) mass is 402 g/mol. The molecule has 2 rings (SSSR count). The number of carbonyl (C=O) groups is 2. The molecule has 0 heterocycles. The topological polar surface area (TPSA) is 97.7 Å². The quantitative estimate of drug-likeness (QED) is 0.351. The summed E-state index contributed by atoms with van der Waals surface area (Å²) in [5.74, 6) is -0.490. The highest BCUT2D eigenvalue weighted by Gasteiger charge is 2.22. The van der Waals surface area contributed by atoms with E-state index in [1.165, 1.54) is 24.3 Å². The summed E-state index contributed by atoms with van der Waals surface area (Å²) < 4.78 is 11.0. The first kappa shape index (κ1) is 15.8. The average Bonchev–Trinajstić information content (AvgIpc) is 2.50. The first-order chi connectivity index (χ1) is 10.0. The highest BCUT2D eigenvalue weighted by Crippen LogP contribution is 2.25. The zero-order valence-electron chi connectivity index (χ0n) is 11.0. The molecule has 112 valence electrons. The lowest BCUT2D eigenvalue weighted by atomic mass is 9.91. The molecule has 21 heavy (non-hydrogen) atoms. The Morgan fingerprint density at radius 2 is 1.95 bits per heavy atom. The molecule has 1 N–H and O–H groups in total. The van der Waals surface area contributed by atoms with Crippen molar-refractivity contribution in [2.24, 2.45) is 0 Å². The summed E-state index contributed by atoms with van der Waals surface area (Å²) in [4.78, 5) is 23.8. The molecule has 0 unspecified atom stereocenters. The minimum atomic E-state index is -1.83. The van der Waals surface area contributed by atoms with Crippen molar-refractivity contribution in [1.82, 2.24) is 0 Å². The van der Waals surface area contributed by atoms with Gasteiger partial charge in [0.1, 0.15) is 0 Å². The van der Waals surface area contributed by atoms with Gasteiger partial charge in [-0.1, -0.05) is 0 Å². The predicted molar refractivity (Wildman–Crippen MR) is 84.5 cm³/mol. The minimum absolute atomic E-state index is 0.00180. The Kier molecular flexibility index (Phi) is 5.18. The summed E-state index contributed by atoms with van der Waals surface area (Å²) in [5, 5.41) is 20.9. The van der Waals surface area contributed by atoms with Crippen LogP contribution in [-0.4, -0.2) is 16.7 Å². The standard InChI is InChI=1S/C14H13INO5/c17-12-2-1-3-13(18)11(12)8-14(19)9-4-6-10(7-5-9)16(21)15-20/h4-7,17H,1-3,8H2/q-1. The van der Waals surface area contributed by atoms with Crippen LogP contribution in [0.25, 0.3) is 0 Å². The Labute approximate surface area is 132 Å². The molecule has 7 heteroatoms. The van der Waals surface area contributed by atoms with Gasteiger partial charge in [-0.05, 0) is 30.7 Å². The third-order valence-electron chi connectivity index (χ3n) is 3.29. The first-order valence-electron chi connectivity index (χ1n) is 6.35. The second kappa shape index (κ2) is 6.90. The maximum atomic E-state index is 12.1. The van der Waals surface area contributed by atoms with Gasteiger partial charge in [-0.2, -0.15) is 0 Å². The minimum Gasteiger partial charge on any atom is -0.748 e. The number of carbonyl (C=O) groups excluding carboxylic acids is 2. The average molecular weight is 402 g/mol. The van der Waals surface area contributed by atoms with Crippen LogP contribution in [0.15, 0.2) is 35.6 Å². The number of nitrogens with zero attached hydrogens (tertiary/aromatic N) is 1. The van der Waals surface area contributed by atoms with Crippen LogP contribution in [0.2, 0.25) is 0 Å². The molecule has 0 aliphatic heterocycles. The van der Waals surface area contributed by atoms with Gasteiger partial charge in [0.2, 0.25) is 0 Å². The largest absolute Gasteiger partial charge is 0.748 e. The third-order valence-corrected chi connectivity index (χ3v) is 4.21. The van der Waals surface area contributed by atoms with E-state index in [1.807, 2.05) is 0 Å². The number of anilines is 1. The van der Waals surface area contributed by atoms with Crippen molar-refractivity contribution in [3.8, 4) is 0 Å². The highest BCUT2D eigenvalue weighted by molar-refractivity contribution is 14.1. The van der Waals surface area contributed by atoms with Gasteiger partial charge in [-0.15, -0.1) is 0 Å².